The highest BCUT2D eigenvalue weighted by Gasteiger charge is 2.20. The highest BCUT2D eigenvalue weighted by Crippen LogP contribution is 2.18. The number of carbonyl (C=O) groups is 1. The molecule has 6 heteroatoms. The molecule has 0 bridgehead atoms. The molecule has 1 amide bonds. The minimum absolute atomic E-state index is 0.184. The van der Waals surface area contributed by atoms with Crippen LogP contribution in [0.3, 0.4) is 0 Å². The van der Waals surface area contributed by atoms with E-state index in [9.17, 15) is 13.2 Å². The van der Waals surface area contributed by atoms with Crippen LogP contribution in [0.15, 0.2) is 72.8 Å². The molecule has 28 heavy (non-hydrogen) atoms. The Morgan fingerprint density at radius 2 is 1.61 bits per heavy atom. The zero-order valence-electron chi connectivity index (χ0n) is 15.8. The van der Waals surface area contributed by atoms with Gasteiger partial charge in [-0.05, 0) is 28.3 Å². The molecule has 0 aromatic heterocycles. The van der Waals surface area contributed by atoms with Crippen LogP contribution >= 0.6 is 0 Å². The molecule has 5 nitrogen and oxygen atoms in total. The average molecular weight is 397 g/mol. The monoisotopic (exact) mass is 396 g/mol. The molecular weight excluding hydrogens is 372 g/mol. The number of hydrogen-bond donors (Lipinski definition) is 1. The molecule has 0 fully saturated rings. The van der Waals surface area contributed by atoms with Gasteiger partial charge in [-0.25, -0.2) is 8.42 Å². The second kappa shape index (κ2) is 8.99. The largest absolute Gasteiger partial charge is 0.351 e. The van der Waals surface area contributed by atoms with E-state index in [1.807, 2.05) is 72.8 Å². The summed E-state index contributed by atoms with van der Waals surface area (Å²) in [6.07, 6.45) is 1.69. The van der Waals surface area contributed by atoms with Crippen molar-refractivity contribution in [3.8, 4) is 0 Å². The summed E-state index contributed by atoms with van der Waals surface area (Å²) in [5.41, 5.74) is 2.04. The molecular formula is C22H24N2O3S. The summed E-state index contributed by atoms with van der Waals surface area (Å²) in [6.45, 7) is 0.442. The summed E-state index contributed by atoms with van der Waals surface area (Å²) in [5, 5.41) is 5.03. The maximum absolute atomic E-state index is 12.4. The third-order valence-electron chi connectivity index (χ3n) is 4.64. The Hall–Kier alpha value is -2.70. The number of hydrogen-bond acceptors (Lipinski definition) is 3. The predicted octanol–water partition coefficient (Wildman–Crippen LogP) is 2.96. The van der Waals surface area contributed by atoms with Gasteiger partial charge in [0, 0.05) is 13.1 Å². The van der Waals surface area contributed by atoms with Gasteiger partial charge in [0.25, 0.3) is 0 Å². The molecule has 3 rings (SSSR count). The maximum Gasteiger partial charge on any atom is 0.235 e. The summed E-state index contributed by atoms with van der Waals surface area (Å²) in [6, 6.07) is 23.5. The molecule has 3 aromatic carbocycles. The Labute approximate surface area is 166 Å². The van der Waals surface area contributed by atoms with Gasteiger partial charge in [0.15, 0.2) is 0 Å². The van der Waals surface area contributed by atoms with E-state index in [4.69, 9.17) is 0 Å². The third kappa shape index (κ3) is 5.41. The van der Waals surface area contributed by atoms with E-state index in [-0.39, 0.29) is 19.0 Å². The van der Waals surface area contributed by atoms with Crippen molar-refractivity contribution in [3.05, 3.63) is 83.9 Å². The molecule has 0 heterocycles. The Balaban J connectivity index is 1.62. The first-order valence-electron chi connectivity index (χ1n) is 9.16. The molecule has 0 unspecified atom stereocenters. The lowest BCUT2D eigenvalue weighted by Gasteiger charge is -2.19. The lowest BCUT2D eigenvalue weighted by molar-refractivity contribution is -0.121. The quantitative estimate of drug-likeness (QED) is 0.637. The van der Waals surface area contributed by atoms with Gasteiger partial charge in [0.05, 0.1) is 12.8 Å². The highest BCUT2D eigenvalue weighted by molar-refractivity contribution is 7.88. The van der Waals surface area contributed by atoms with E-state index in [1.54, 1.807) is 0 Å². The molecule has 1 N–H and O–H groups in total. The number of carbonyl (C=O) groups excluding carboxylic acids is 1. The summed E-state index contributed by atoms with van der Waals surface area (Å²) in [7, 11) is -3.48. The van der Waals surface area contributed by atoms with Gasteiger partial charge in [-0.1, -0.05) is 72.8 Å². The van der Waals surface area contributed by atoms with Crippen LogP contribution in [-0.2, 0) is 27.8 Å². The second-order valence-electron chi connectivity index (χ2n) is 6.75. The first kappa shape index (κ1) is 20.0. The van der Waals surface area contributed by atoms with Gasteiger partial charge < -0.3 is 5.32 Å². The third-order valence-corrected chi connectivity index (χ3v) is 5.89. The van der Waals surface area contributed by atoms with Gasteiger partial charge in [-0.2, -0.15) is 4.31 Å². The van der Waals surface area contributed by atoms with Crippen molar-refractivity contribution in [2.24, 2.45) is 0 Å². The number of fused-ring (bicyclic) bond motifs is 1. The number of sulfonamides is 1. The number of rotatable bonds is 8. The molecule has 0 atom stereocenters. The van der Waals surface area contributed by atoms with Crippen molar-refractivity contribution in [1.82, 2.24) is 9.62 Å². The zero-order chi connectivity index (χ0) is 20.0. The molecule has 0 aliphatic heterocycles. The highest BCUT2D eigenvalue weighted by atomic mass is 32.2. The Bertz CT molecular complexity index is 1040. The molecule has 0 saturated carbocycles. The fraction of sp³-hybridized carbons (Fsp3) is 0.227. The summed E-state index contributed by atoms with van der Waals surface area (Å²) >= 11 is 0. The summed E-state index contributed by atoms with van der Waals surface area (Å²) < 4.78 is 25.4. The first-order chi connectivity index (χ1) is 13.4. The lowest BCUT2D eigenvalue weighted by atomic mass is 10.0. The number of nitrogens with one attached hydrogen (secondary N) is 1. The van der Waals surface area contributed by atoms with Crippen molar-refractivity contribution in [3.63, 3.8) is 0 Å². The molecule has 0 aliphatic carbocycles. The van der Waals surface area contributed by atoms with Crippen LogP contribution in [0.1, 0.15) is 11.1 Å². The SMILES string of the molecule is CS(=O)(=O)N(CCc1ccccc1)CC(=O)NCc1cccc2ccccc12. The maximum atomic E-state index is 12.4. The Morgan fingerprint density at radius 3 is 2.36 bits per heavy atom. The van der Waals surface area contributed by atoms with Crippen molar-refractivity contribution in [2.45, 2.75) is 13.0 Å². The topological polar surface area (TPSA) is 66.5 Å². The first-order valence-corrected chi connectivity index (χ1v) is 11.0. The van der Waals surface area contributed by atoms with Gasteiger partial charge in [-0.3, -0.25) is 4.79 Å². The fourth-order valence-corrected chi connectivity index (χ4v) is 3.89. The molecule has 146 valence electrons. The molecule has 0 spiro atoms. The van der Waals surface area contributed by atoms with Crippen molar-refractivity contribution < 1.29 is 13.2 Å². The number of amides is 1. The zero-order valence-corrected chi connectivity index (χ0v) is 16.7. The minimum atomic E-state index is -3.48. The van der Waals surface area contributed by atoms with Crippen LogP contribution < -0.4 is 5.32 Å². The smallest absolute Gasteiger partial charge is 0.235 e. The summed E-state index contributed by atoms with van der Waals surface area (Å²) in [4.78, 5) is 12.4. The van der Waals surface area contributed by atoms with Crippen LogP contribution in [0.2, 0.25) is 0 Å². The fourth-order valence-electron chi connectivity index (χ4n) is 3.12. The van der Waals surface area contributed by atoms with Gasteiger partial charge in [0.2, 0.25) is 15.9 Å². The normalized spacial score (nSPS) is 11.6. The van der Waals surface area contributed by atoms with Crippen LogP contribution in [0, 0.1) is 0 Å². The van der Waals surface area contributed by atoms with Crippen LogP contribution in [-0.4, -0.2) is 38.0 Å². The Morgan fingerprint density at radius 1 is 0.929 bits per heavy atom. The molecule has 0 aliphatic rings. The van der Waals surface area contributed by atoms with E-state index in [2.05, 4.69) is 5.32 Å². The lowest BCUT2D eigenvalue weighted by Crippen LogP contribution is -2.41. The number of nitrogens with zero attached hydrogens (tertiary/aromatic N) is 1. The Kier molecular flexibility index (Phi) is 6.44. The predicted molar refractivity (Wildman–Crippen MR) is 112 cm³/mol. The van der Waals surface area contributed by atoms with E-state index in [0.29, 0.717) is 13.0 Å². The minimum Gasteiger partial charge on any atom is -0.351 e. The van der Waals surface area contributed by atoms with Gasteiger partial charge >= 0.3 is 0 Å². The van der Waals surface area contributed by atoms with E-state index in [0.717, 1.165) is 28.2 Å². The second-order valence-corrected chi connectivity index (χ2v) is 8.73. The van der Waals surface area contributed by atoms with Crippen LogP contribution in [0.25, 0.3) is 10.8 Å². The van der Waals surface area contributed by atoms with E-state index in [1.165, 1.54) is 4.31 Å². The van der Waals surface area contributed by atoms with E-state index < -0.39 is 10.0 Å². The van der Waals surface area contributed by atoms with Crippen LogP contribution in [0.4, 0.5) is 0 Å². The molecule has 3 aromatic rings. The van der Waals surface area contributed by atoms with E-state index >= 15 is 0 Å². The van der Waals surface area contributed by atoms with Crippen LogP contribution in [0.5, 0.6) is 0 Å². The van der Waals surface area contributed by atoms with Crippen molar-refractivity contribution in [1.29, 1.82) is 0 Å². The molecule has 0 radical (unpaired) electrons. The van der Waals surface area contributed by atoms with Crippen molar-refractivity contribution >= 4 is 26.7 Å². The standard InChI is InChI=1S/C22H24N2O3S/c1-28(26,27)24(15-14-18-8-3-2-4-9-18)17-22(25)23-16-20-12-7-11-19-10-5-6-13-21(19)20/h2-13H,14-17H2,1H3,(H,23,25). The van der Waals surface area contributed by atoms with Gasteiger partial charge in [0.1, 0.15) is 0 Å². The number of benzene rings is 3. The van der Waals surface area contributed by atoms with Gasteiger partial charge in [-0.15, -0.1) is 0 Å². The average Bonchev–Trinajstić information content (AvgIpc) is 2.69. The summed E-state index contributed by atoms with van der Waals surface area (Å²) in [5.74, 6) is -0.313. The van der Waals surface area contributed by atoms with Crippen molar-refractivity contribution in [2.75, 3.05) is 19.3 Å². The molecule has 0 saturated heterocycles.